The topological polar surface area (TPSA) is 44.4 Å². The molecule has 0 spiro atoms. The van der Waals surface area contributed by atoms with Crippen LogP contribution in [0.5, 0.6) is 0 Å². The summed E-state index contributed by atoms with van der Waals surface area (Å²) in [4.78, 5) is 14.4. The Bertz CT molecular complexity index is 434. The number of benzene rings is 1. The van der Waals surface area contributed by atoms with Crippen molar-refractivity contribution in [3.8, 4) is 0 Å². The zero-order valence-electron chi connectivity index (χ0n) is 13.2. The molecule has 2 rings (SSSR count). The molecule has 0 unspecified atom stereocenters. The van der Waals surface area contributed by atoms with Crippen LogP contribution in [-0.2, 0) is 4.79 Å². The molecular weight excluding hydrogens is 262 g/mol. The predicted molar refractivity (Wildman–Crippen MR) is 88.8 cm³/mol. The molecule has 0 aromatic heterocycles. The first kappa shape index (κ1) is 15.8. The van der Waals surface area contributed by atoms with E-state index < -0.39 is 0 Å². The minimum absolute atomic E-state index is 0.137. The number of hydrogen-bond donors (Lipinski definition) is 2. The van der Waals surface area contributed by atoms with Crippen LogP contribution in [0.25, 0.3) is 0 Å². The van der Waals surface area contributed by atoms with Gasteiger partial charge in [0.1, 0.15) is 0 Å². The van der Waals surface area contributed by atoms with Crippen LogP contribution < -0.4 is 15.5 Å². The molecule has 1 heterocycles. The molecular formula is C17H27N3O. The normalized spacial score (nSPS) is 15.7. The Hall–Kier alpha value is -1.55. The van der Waals surface area contributed by atoms with Gasteiger partial charge < -0.3 is 15.5 Å². The lowest BCUT2D eigenvalue weighted by Gasteiger charge is -2.22. The van der Waals surface area contributed by atoms with Gasteiger partial charge in [-0.25, -0.2) is 0 Å². The first-order valence-corrected chi connectivity index (χ1v) is 8.08. The number of nitrogens with one attached hydrogen (secondary N) is 2. The standard InChI is InChI=1S/C17H27N3O/c1-3-20(4-2)16-7-5-15(6-8-16)19-17(21)13-14-9-11-18-12-10-14/h5-8,14,18H,3-4,9-13H2,1-2H3,(H,19,21). The summed E-state index contributed by atoms with van der Waals surface area (Å²) in [6, 6.07) is 8.14. The summed E-state index contributed by atoms with van der Waals surface area (Å²) in [5.74, 6) is 0.665. The van der Waals surface area contributed by atoms with Crippen molar-refractivity contribution in [1.29, 1.82) is 0 Å². The van der Waals surface area contributed by atoms with Crippen LogP contribution in [0.3, 0.4) is 0 Å². The highest BCUT2D eigenvalue weighted by Gasteiger charge is 2.16. The zero-order chi connectivity index (χ0) is 15.1. The highest BCUT2D eigenvalue weighted by Crippen LogP contribution is 2.20. The van der Waals surface area contributed by atoms with Gasteiger partial charge in [-0.05, 0) is 70.0 Å². The van der Waals surface area contributed by atoms with Crippen LogP contribution in [0.4, 0.5) is 11.4 Å². The van der Waals surface area contributed by atoms with Crippen molar-refractivity contribution in [2.45, 2.75) is 33.1 Å². The van der Waals surface area contributed by atoms with Crippen LogP contribution in [-0.4, -0.2) is 32.1 Å². The number of nitrogens with zero attached hydrogens (tertiary/aromatic N) is 1. The van der Waals surface area contributed by atoms with Crippen molar-refractivity contribution in [2.75, 3.05) is 36.4 Å². The fourth-order valence-corrected chi connectivity index (χ4v) is 2.90. The Morgan fingerprint density at radius 2 is 1.81 bits per heavy atom. The molecule has 1 aliphatic rings. The van der Waals surface area contributed by atoms with E-state index in [1.807, 2.05) is 12.1 Å². The van der Waals surface area contributed by atoms with E-state index in [0.29, 0.717) is 12.3 Å². The molecule has 1 fully saturated rings. The summed E-state index contributed by atoms with van der Waals surface area (Å²) >= 11 is 0. The molecule has 1 aromatic rings. The van der Waals surface area contributed by atoms with E-state index in [0.717, 1.165) is 44.7 Å². The molecule has 0 atom stereocenters. The van der Waals surface area contributed by atoms with E-state index in [1.54, 1.807) is 0 Å². The first-order chi connectivity index (χ1) is 10.2. The van der Waals surface area contributed by atoms with Crippen LogP contribution >= 0.6 is 0 Å². The number of amides is 1. The Labute approximate surface area is 127 Å². The molecule has 21 heavy (non-hydrogen) atoms. The maximum atomic E-state index is 12.1. The van der Waals surface area contributed by atoms with Crippen molar-refractivity contribution >= 4 is 17.3 Å². The van der Waals surface area contributed by atoms with Crippen LogP contribution in [0.2, 0.25) is 0 Å². The monoisotopic (exact) mass is 289 g/mol. The third-order valence-corrected chi connectivity index (χ3v) is 4.21. The van der Waals surface area contributed by atoms with E-state index in [4.69, 9.17) is 0 Å². The second kappa shape index (κ2) is 8.03. The van der Waals surface area contributed by atoms with Crippen LogP contribution in [0.1, 0.15) is 33.1 Å². The van der Waals surface area contributed by atoms with Gasteiger partial charge in [-0.1, -0.05) is 0 Å². The van der Waals surface area contributed by atoms with Crippen molar-refractivity contribution in [3.63, 3.8) is 0 Å². The number of anilines is 2. The van der Waals surface area contributed by atoms with E-state index in [9.17, 15) is 4.79 Å². The maximum absolute atomic E-state index is 12.1. The van der Waals surface area contributed by atoms with Crippen molar-refractivity contribution in [3.05, 3.63) is 24.3 Å². The molecule has 0 saturated carbocycles. The lowest BCUT2D eigenvalue weighted by atomic mass is 9.94. The van der Waals surface area contributed by atoms with E-state index in [1.165, 1.54) is 5.69 Å². The van der Waals surface area contributed by atoms with Gasteiger partial charge in [0, 0.05) is 30.9 Å². The van der Waals surface area contributed by atoms with Crippen molar-refractivity contribution in [2.24, 2.45) is 5.92 Å². The number of rotatable bonds is 6. The van der Waals surface area contributed by atoms with Gasteiger partial charge in [-0.2, -0.15) is 0 Å². The summed E-state index contributed by atoms with van der Waals surface area (Å²) in [7, 11) is 0. The first-order valence-electron chi connectivity index (χ1n) is 8.08. The summed E-state index contributed by atoms with van der Waals surface area (Å²) in [5.41, 5.74) is 2.10. The fraction of sp³-hybridized carbons (Fsp3) is 0.588. The average molecular weight is 289 g/mol. The predicted octanol–water partition coefficient (Wildman–Crippen LogP) is 2.86. The second-order valence-corrected chi connectivity index (χ2v) is 5.66. The van der Waals surface area contributed by atoms with Crippen molar-refractivity contribution in [1.82, 2.24) is 5.32 Å². The molecule has 0 aliphatic carbocycles. The van der Waals surface area contributed by atoms with Crippen LogP contribution in [0.15, 0.2) is 24.3 Å². The van der Waals surface area contributed by atoms with Crippen molar-refractivity contribution < 1.29 is 4.79 Å². The zero-order valence-corrected chi connectivity index (χ0v) is 13.2. The van der Waals surface area contributed by atoms with E-state index >= 15 is 0 Å². The van der Waals surface area contributed by atoms with Gasteiger partial charge in [0.2, 0.25) is 5.91 Å². The van der Waals surface area contributed by atoms with Gasteiger partial charge in [0.05, 0.1) is 0 Å². The third kappa shape index (κ3) is 4.74. The Kier molecular flexibility index (Phi) is 6.05. The molecule has 1 aromatic carbocycles. The number of piperidine rings is 1. The molecule has 0 bridgehead atoms. The minimum atomic E-state index is 0.137. The maximum Gasteiger partial charge on any atom is 0.224 e. The minimum Gasteiger partial charge on any atom is -0.372 e. The SMILES string of the molecule is CCN(CC)c1ccc(NC(=O)CC2CCNCC2)cc1. The van der Waals surface area contributed by atoms with E-state index in [-0.39, 0.29) is 5.91 Å². The summed E-state index contributed by atoms with van der Waals surface area (Å²) in [6.45, 7) is 8.37. The van der Waals surface area contributed by atoms with E-state index in [2.05, 4.69) is 41.5 Å². The average Bonchev–Trinajstić information content (AvgIpc) is 2.51. The molecule has 2 N–H and O–H groups in total. The highest BCUT2D eigenvalue weighted by molar-refractivity contribution is 5.91. The van der Waals surface area contributed by atoms with Gasteiger partial charge in [0.15, 0.2) is 0 Å². The van der Waals surface area contributed by atoms with Crippen LogP contribution in [0, 0.1) is 5.92 Å². The summed E-state index contributed by atoms with van der Waals surface area (Å²) in [5, 5.41) is 6.34. The molecule has 0 radical (unpaired) electrons. The fourth-order valence-electron chi connectivity index (χ4n) is 2.90. The third-order valence-electron chi connectivity index (χ3n) is 4.21. The highest BCUT2D eigenvalue weighted by atomic mass is 16.1. The molecule has 1 amide bonds. The lowest BCUT2D eigenvalue weighted by Crippen LogP contribution is -2.30. The Morgan fingerprint density at radius 3 is 2.38 bits per heavy atom. The van der Waals surface area contributed by atoms with Gasteiger partial charge >= 0.3 is 0 Å². The molecule has 1 saturated heterocycles. The molecule has 1 aliphatic heterocycles. The second-order valence-electron chi connectivity index (χ2n) is 5.66. The Balaban J connectivity index is 1.86. The summed E-state index contributed by atoms with van der Waals surface area (Å²) < 4.78 is 0. The molecule has 116 valence electrons. The summed E-state index contributed by atoms with van der Waals surface area (Å²) in [6.07, 6.45) is 2.85. The quantitative estimate of drug-likeness (QED) is 0.846. The molecule has 4 nitrogen and oxygen atoms in total. The molecule has 4 heteroatoms. The number of hydrogen-bond acceptors (Lipinski definition) is 3. The number of carbonyl (C=O) groups is 1. The van der Waals surface area contributed by atoms with Gasteiger partial charge in [-0.15, -0.1) is 0 Å². The van der Waals surface area contributed by atoms with Gasteiger partial charge in [0.25, 0.3) is 0 Å². The Morgan fingerprint density at radius 1 is 1.19 bits per heavy atom. The lowest BCUT2D eigenvalue weighted by molar-refractivity contribution is -0.117. The van der Waals surface area contributed by atoms with Gasteiger partial charge in [-0.3, -0.25) is 4.79 Å². The smallest absolute Gasteiger partial charge is 0.224 e. The largest absolute Gasteiger partial charge is 0.372 e. The number of carbonyl (C=O) groups excluding carboxylic acids is 1.